The molecule has 6 nitrogen and oxygen atoms in total. The summed E-state index contributed by atoms with van der Waals surface area (Å²) in [5.41, 5.74) is 0.732. The van der Waals surface area contributed by atoms with Crippen LogP contribution in [-0.2, 0) is 14.3 Å². The molecule has 1 atom stereocenters. The first kappa shape index (κ1) is 15.1. The molecular weight excluding hydrogens is 250 g/mol. The number of hydrogen-bond acceptors (Lipinski definition) is 5. The predicted molar refractivity (Wildman–Crippen MR) is 68.7 cm³/mol. The summed E-state index contributed by atoms with van der Waals surface area (Å²) in [6, 6.07) is 5.98. The van der Waals surface area contributed by atoms with E-state index in [1.165, 1.54) is 12.1 Å². The van der Waals surface area contributed by atoms with Crippen molar-refractivity contribution in [1.29, 1.82) is 0 Å². The van der Waals surface area contributed by atoms with Gasteiger partial charge in [-0.15, -0.1) is 0 Å². The van der Waals surface area contributed by atoms with E-state index in [2.05, 4.69) is 0 Å². The zero-order valence-corrected chi connectivity index (χ0v) is 11.0. The number of carbonyl (C=O) groups is 1. The van der Waals surface area contributed by atoms with Crippen LogP contribution >= 0.6 is 0 Å². The number of non-ortho nitro benzene ring substituents is 1. The van der Waals surface area contributed by atoms with E-state index in [9.17, 15) is 14.9 Å². The number of rotatable bonds is 7. The van der Waals surface area contributed by atoms with Crippen LogP contribution in [0, 0.1) is 10.1 Å². The summed E-state index contributed by atoms with van der Waals surface area (Å²) in [5, 5.41) is 10.6. The number of nitro groups is 1. The van der Waals surface area contributed by atoms with Crippen LogP contribution in [0.25, 0.3) is 0 Å². The molecule has 0 aliphatic rings. The Bertz CT molecular complexity index is 429. The van der Waals surface area contributed by atoms with Gasteiger partial charge in [-0.1, -0.05) is 0 Å². The second-order valence-corrected chi connectivity index (χ2v) is 3.80. The molecule has 0 radical (unpaired) electrons. The third kappa shape index (κ3) is 4.67. The fourth-order valence-electron chi connectivity index (χ4n) is 1.66. The highest BCUT2D eigenvalue weighted by Crippen LogP contribution is 2.24. The molecule has 0 bridgehead atoms. The topological polar surface area (TPSA) is 78.7 Å². The molecule has 1 aromatic rings. The Morgan fingerprint density at radius 3 is 2.37 bits per heavy atom. The summed E-state index contributed by atoms with van der Waals surface area (Å²) >= 11 is 0. The van der Waals surface area contributed by atoms with Crippen LogP contribution in [0.1, 0.15) is 31.9 Å². The quantitative estimate of drug-likeness (QED) is 0.431. The van der Waals surface area contributed by atoms with Crippen LogP contribution in [0.3, 0.4) is 0 Å². The highest BCUT2D eigenvalue weighted by atomic mass is 16.6. The normalized spacial score (nSPS) is 11.9. The van der Waals surface area contributed by atoms with Gasteiger partial charge in [-0.25, -0.2) is 0 Å². The van der Waals surface area contributed by atoms with Crippen molar-refractivity contribution in [3.63, 3.8) is 0 Å². The fourth-order valence-corrected chi connectivity index (χ4v) is 1.66. The summed E-state index contributed by atoms with van der Waals surface area (Å²) in [7, 11) is 0. The Labute approximate surface area is 111 Å². The van der Waals surface area contributed by atoms with Crippen molar-refractivity contribution in [2.45, 2.75) is 26.4 Å². The van der Waals surface area contributed by atoms with Gasteiger partial charge in [0, 0.05) is 18.7 Å². The highest BCUT2D eigenvalue weighted by Gasteiger charge is 2.18. The Kier molecular flexibility index (Phi) is 5.95. The van der Waals surface area contributed by atoms with Crippen LogP contribution in [0.2, 0.25) is 0 Å². The van der Waals surface area contributed by atoms with Gasteiger partial charge < -0.3 is 9.47 Å². The Morgan fingerprint density at radius 1 is 1.26 bits per heavy atom. The molecule has 104 valence electrons. The summed E-state index contributed by atoms with van der Waals surface area (Å²) < 4.78 is 10.3. The largest absolute Gasteiger partial charge is 0.466 e. The van der Waals surface area contributed by atoms with E-state index in [0.29, 0.717) is 13.2 Å². The first-order chi connectivity index (χ1) is 9.08. The van der Waals surface area contributed by atoms with Gasteiger partial charge in [-0.3, -0.25) is 14.9 Å². The van der Waals surface area contributed by atoms with Crippen molar-refractivity contribution in [2.24, 2.45) is 0 Å². The molecule has 0 amide bonds. The zero-order valence-electron chi connectivity index (χ0n) is 11.0. The first-order valence-electron chi connectivity index (χ1n) is 6.10. The van der Waals surface area contributed by atoms with Gasteiger partial charge in [0.2, 0.25) is 0 Å². The summed E-state index contributed by atoms with van der Waals surface area (Å²) in [6.45, 7) is 4.32. The van der Waals surface area contributed by atoms with Crippen molar-refractivity contribution < 1.29 is 19.2 Å². The number of esters is 1. The molecule has 1 aromatic carbocycles. The number of nitrogens with zero attached hydrogens (tertiary/aromatic N) is 1. The molecule has 0 saturated heterocycles. The van der Waals surface area contributed by atoms with E-state index in [0.717, 1.165) is 5.56 Å². The van der Waals surface area contributed by atoms with Crippen LogP contribution < -0.4 is 0 Å². The molecule has 0 saturated carbocycles. The van der Waals surface area contributed by atoms with Gasteiger partial charge in [0.15, 0.2) is 0 Å². The van der Waals surface area contributed by atoms with E-state index in [-0.39, 0.29) is 18.1 Å². The van der Waals surface area contributed by atoms with Crippen molar-refractivity contribution >= 4 is 11.7 Å². The van der Waals surface area contributed by atoms with Crippen molar-refractivity contribution in [3.05, 3.63) is 39.9 Å². The van der Waals surface area contributed by atoms with Gasteiger partial charge >= 0.3 is 5.97 Å². The molecular formula is C13H17NO5. The number of benzene rings is 1. The summed E-state index contributed by atoms with van der Waals surface area (Å²) in [6.07, 6.45) is -0.343. The Hall–Kier alpha value is -1.95. The lowest BCUT2D eigenvalue weighted by Gasteiger charge is -2.16. The average Bonchev–Trinajstić information content (AvgIpc) is 2.38. The van der Waals surface area contributed by atoms with Crippen molar-refractivity contribution in [2.75, 3.05) is 13.2 Å². The van der Waals surface area contributed by atoms with Gasteiger partial charge in [-0.05, 0) is 31.5 Å². The molecule has 6 heteroatoms. The van der Waals surface area contributed by atoms with Crippen LogP contribution in [-0.4, -0.2) is 24.1 Å². The molecule has 0 N–H and O–H groups in total. The van der Waals surface area contributed by atoms with E-state index in [4.69, 9.17) is 9.47 Å². The van der Waals surface area contributed by atoms with Crippen molar-refractivity contribution in [3.8, 4) is 0 Å². The lowest BCUT2D eigenvalue weighted by molar-refractivity contribution is -0.384. The number of ether oxygens (including phenoxy) is 2. The SMILES string of the molecule is CCOC(=O)CC(OCC)c1ccc([N+](=O)[O-])cc1. The maximum Gasteiger partial charge on any atom is 0.308 e. The second kappa shape index (κ2) is 7.48. The molecule has 19 heavy (non-hydrogen) atoms. The molecule has 0 heterocycles. The number of hydrogen-bond donors (Lipinski definition) is 0. The minimum Gasteiger partial charge on any atom is -0.466 e. The van der Waals surface area contributed by atoms with Crippen molar-refractivity contribution in [1.82, 2.24) is 0 Å². The standard InChI is InChI=1S/C13H17NO5/c1-3-18-12(9-13(15)19-4-2)10-5-7-11(8-6-10)14(16)17/h5-8,12H,3-4,9H2,1-2H3. The molecule has 0 aliphatic carbocycles. The minimum absolute atomic E-state index is 0.00938. The van der Waals surface area contributed by atoms with Crippen LogP contribution in [0.5, 0.6) is 0 Å². The van der Waals surface area contributed by atoms with E-state index >= 15 is 0 Å². The van der Waals surface area contributed by atoms with Gasteiger partial charge in [0.25, 0.3) is 5.69 Å². The monoisotopic (exact) mass is 267 g/mol. The third-order valence-corrected chi connectivity index (χ3v) is 2.50. The predicted octanol–water partition coefficient (Wildman–Crippen LogP) is 2.63. The van der Waals surface area contributed by atoms with Crippen LogP contribution in [0.4, 0.5) is 5.69 Å². The summed E-state index contributed by atoms with van der Waals surface area (Å²) in [4.78, 5) is 21.6. The molecule has 0 aromatic heterocycles. The summed E-state index contributed by atoms with van der Waals surface area (Å²) in [5.74, 6) is -0.348. The smallest absolute Gasteiger partial charge is 0.308 e. The maximum atomic E-state index is 11.5. The van der Waals surface area contributed by atoms with Gasteiger partial charge in [-0.2, -0.15) is 0 Å². The fraction of sp³-hybridized carbons (Fsp3) is 0.462. The van der Waals surface area contributed by atoms with Gasteiger partial charge in [0.05, 0.1) is 24.1 Å². The molecule has 1 unspecified atom stereocenters. The van der Waals surface area contributed by atoms with Gasteiger partial charge in [0.1, 0.15) is 0 Å². The second-order valence-electron chi connectivity index (χ2n) is 3.80. The Morgan fingerprint density at radius 2 is 1.89 bits per heavy atom. The average molecular weight is 267 g/mol. The molecule has 1 rings (SSSR count). The molecule has 0 spiro atoms. The maximum absolute atomic E-state index is 11.5. The Balaban J connectivity index is 2.80. The van der Waals surface area contributed by atoms with E-state index in [1.54, 1.807) is 19.1 Å². The van der Waals surface area contributed by atoms with Crippen LogP contribution in [0.15, 0.2) is 24.3 Å². The number of carbonyl (C=O) groups excluding carboxylic acids is 1. The zero-order chi connectivity index (χ0) is 14.3. The van der Waals surface area contributed by atoms with E-state index < -0.39 is 11.0 Å². The lowest BCUT2D eigenvalue weighted by Crippen LogP contribution is -2.13. The lowest BCUT2D eigenvalue weighted by atomic mass is 10.1. The number of nitro benzene ring substituents is 1. The van der Waals surface area contributed by atoms with E-state index in [1.807, 2.05) is 6.92 Å². The molecule has 0 aliphatic heterocycles. The third-order valence-electron chi connectivity index (χ3n) is 2.50. The molecule has 0 fully saturated rings. The minimum atomic E-state index is -0.467. The highest BCUT2D eigenvalue weighted by molar-refractivity contribution is 5.70. The first-order valence-corrected chi connectivity index (χ1v) is 6.10.